The van der Waals surface area contributed by atoms with Gasteiger partial charge in [-0.05, 0) is 35.9 Å². The lowest BCUT2D eigenvalue weighted by Gasteiger charge is -2.31. The molecule has 0 saturated carbocycles. The maximum atomic E-state index is 13.0. The number of amides is 3. The Morgan fingerprint density at radius 3 is 2.54 bits per heavy atom. The Morgan fingerprint density at radius 2 is 1.87 bits per heavy atom. The largest absolute Gasteiger partial charge is 0.467 e. The molecule has 0 spiro atoms. The van der Waals surface area contributed by atoms with Gasteiger partial charge in [-0.15, -0.1) is 0 Å². The van der Waals surface area contributed by atoms with Crippen LogP contribution >= 0.6 is 34.5 Å². The number of hydrogen-bond acceptors (Lipinski definition) is 7. The number of halogens is 2. The summed E-state index contributed by atoms with van der Waals surface area (Å²) in [4.78, 5) is 48.5. The average molecular weight is 589 g/mol. The van der Waals surface area contributed by atoms with Gasteiger partial charge in [0.15, 0.2) is 0 Å². The summed E-state index contributed by atoms with van der Waals surface area (Å²) in [6.45, 7) is 0.825. The number of thiazole rings is 1. The number of carbonyl (C=O) groups excluding carboxylic acids is 3. The number of hydrogen-bond donors (Lipinski definition) is 2. The Labute approximate surface area is 240 Å². The minimum absolute atomic E-state index is 0.0512. The highest BCUT2D eigenvalue weighted by molar-refractivity contribution is 7.17. The highest BCUT2D eigenvalue weighted by Crippen LogP contribution is 2.27. The third-order valence-corrected chi connectivity index (χ3v) is 7.26. The van der Waals surface area contributed by atoms with Gasteiger partial charge in [-0.3, -0.25) is 19.4 Å². The molecule has 204 valence electrons. The molecule has 0 unspecified atom stereocenters. The van der Waals surface area contributed by atoms with Crippen molar-refractivity contribution >= 4 is 58.3 Å². The van der Waals surface area contributed by atoms with Gasteiger partial charge in [-0.25, -0.2) is 4.98 Å². The molecule has 1 aliphatic rings. The number of aromatic nitrogens is 2. The Bertz CT molecular complexity index is 1300. The van der Waals surface area contributed by atoms with Crippen molar-refractivity contribution < 1.29 is 19.1 Å². The van der Waals surface area contributed by atoms with Crippen LogP contribution in [0.1, 0.15) is 24.1 Å². The summed E-state index contributed by atoms with van der Waals surface area (Å²) in [5, 5.41) is 6.50. The highest BCUT2D eigenvalue weighted by atomic mass is 35.5. The zero-order valence-corrected chi connectivity index (χ0v) is 23.2. The quantitative estimate of drug-likeness (QED) is 0.349. The topological polar surface area (TPSA) is 114 Å². The second-order valence-electron chi connectivity index (χ2n) is 8.82. The van der Waals surface area contributed by atoms with Crippen LogP contribution in [-0.2, 0) is 20.8 Å². The molecule has 1 aromatic carbocycles. The molecule has 39 heavy (non-hydrogen) atoms. The molecule has 2 aromatic heterocycles. The SMILES string of the molecule is O=C(C=Cc1ccc(Cl)cc1)N[C@@H](Cc1ccccn1)C(=O)NCC(=O)N1CCC(Oc2ncc(Cl)s2)CC1. The van der Waals surface area contributed by atoms with E-state index in [1.165, 1.54) is 17.4 Å². The summed E-state index contributed by atoms with van der Waals surface area (Å²) in [7, 11) is 0. The van der Waals surface area contributed by atoms with Gasteiger partial charge < -0.3 is 20.3 Å². The number of carbonyl (C=O) groups is 3. The number of piperidine rings is 1. The minimum atomic E-state index is -0.917. The Balaban J connectivity index is 1.29. The lowest BCUT2D eigenvalue weighted by molar-refractivity contribution is -0.135. The summed E-state index contributed by atoms with van der Waals surface area (Å²) < 4.78 is 6.40. The summed E-state index contributed by atoms with van der Waals surface area (Å²) >= 11 is 13.1. The zero-order valence-electron chi connectivity index (χ0n) is 20.9. The van der Waals surface area contributed by atoms with Crippen molar-refractivity contribution in [3.63, 3.8) is 0 Å². The molecule has 9 nitrogen and oxygen atoms in total. The molecule has 1 saturated heterocycles. The van der Waals surface area contributed by atoms with E-state index in [1.54, 1.807) is 65.8 Å². The van der Waals surface area contributed by atoms with Gasteiger partial charge in [0.25, 0.3) is 5.19 Å². The molecule has 3 aromatic rings. The lowest BCUT2D eigenvalue weighted by Crippen LogP contribution is -2.51. The molecule has 2 N–H and O–H groups in total. The first-order valence-electron chi connectivity index (χ1n) is 12.3. The third kappa shape index (κ3) is 9.05. The number of rotatable bonds is 10. The molecule has 0 bridgehead atoms. The van der Waals surface area contributed by atoms with Gasteiger partial charge >= 0.3 is 0 Å². The van der Waals surface area contributed by atoms with Crippen molar-refractivity contribution in [1.82, 2.24) is 25.5 Å². The lowest BCUT2D eigenvalue weighted by atomic mass is 10.1. The molecular weight excluding hydrogens is 561 g/mol. The van der Waals surface area contributed by atoms with Crippen molar-refractivity contribution in [3.8, 4) is 5.19 Å². The molecule has 0 radical (unpaired) electrons. The first-order valence-corrected chi connectivity index (χ1v) is 13.9. The van der Waals surface area contributed by atoms with Crippen LogP contribution in [0, 0.1) is 0 Å². The summed E-state index contributed by atoms with van der Waals surface area (Å²) in [5.41, 5.74) is 1.42. The normalized spacial score (nSPS) is 14.7. The first kappa shape index (κ1) is 28.5. The molecule has 4 rings (SSSR count). The van der Waals surface area contributed by atoms with Crippen molar-refractivity contribution in [3.05, 3.63) is 81.6 Å². The number of ether oxygens (including phenoxy) is 1. The average Bonchev–Trinajstić information content (AvgIpc) is 3.36. The fourth-order valence-corrected chi connectivity index (χ4v) is 4.89. The Kier molecular flexibility index (Phi) is 10.3. The van der Waals surface area contributed by atoms with Crippen molar-refractivity contribution in [2.24, 2.45) is 0 Å². The van der Waals surface area contributed by atoms with Gasteiger partial charge in [0.05, 0.1) is 12.7 Å². The first-order chi connectivity index (χ1) is 18.9. The molecule has 3 heterocycles. The molecule has 12 heteroatoms. The third-order valence-electron chi connectivity index (χ3n) is 6.00. The Morgan fingerprint density at radius 1 is 1.10 bits per heavy atom. The second kappa shape index (κ2) is 14.1. The van der Waals surface area contributed by atoms with Crippen LogP contribution < -0.4 is 15.4 Å². The van der Waals surface area contributed by atoms with Crippen molar-refractivity contribution in [2.45, 2.75) is 31.4 Å². The minimum Gasteiger partial charge on any atom is -0.467 e. The summed E-state index contributed by atoms with van der Waals surface area (Å²) in [6.07, 6.45) is 7.55. The van der Waals surface area contributed by atoms with E-state index in [9.17, 15) is 14.4 Å². The monoisotopic (exact) mass is 587 g/mol. The van der Waals surface area contributed by atoms with E-state index in [2.05, 4.69) is 20.6 Å². The summed E-state index contributed by atoms with van der Waals surface area (Å²) in [6, 6.07) is 11.4. The summed E-state index contributed by atoms with van der Waals surface area (Å²) in [5.74, 6) is -1.12. The molecule has 1 aliphatic heterocycles. The Hall–Kier alpha value is -3.47. The maximum Gasteiger partial charge on any atom is 0.274 e. The van der Waals surface area contributed by atoms with Crippen LogP contribution in [0.2, 0.25) is 9.36 Å². The molecule has 1 fully saturated rings. The van der Waals surface area contributed by atoms with E-state index < -0.39 is 17.9 Å². The highest BCUT2D eigenvalue weighted by Gasteiger charge is 2.26. The van der Waals surface area contributed by atoms with Crippen LogP contribution in [0.15, 0.2) is 60.9 Å². The smallest absolute Gasteiger partial charge is 0.274 e. The molecular formula is C27H27Cl2N5O4S. The van der Waals surface area contributed by atoms with E-state index in [4.69, 9.17) is 27.9 Å². The van der Waals surface area contributed by atoms with E-state index in [0.717, 1.165) is 5.56 Å². The number of pyridine rings is 1. The van der Waals surface area contributed by atoms with E-state index in [-0.39, 0.29) is 25.0 Å². The van der Waals surface area contributed by atoms with Gasteiger partial charge in [0, 0.05) is 55.3 Å². The van der Waals surface area contributed by atoms with Crippen LogP contribution in [0.4, 0.5) is 0 Å². The number of nitrogens with one attached hydrogen (secondary N) is 2. The van der Waals surface area contributed by atoms with Crippen LogP contribution in [-0.4, -0.2) is 64.4 Å². The van der Waals surface area contributed by atoms with Crippen LogP contribution in [0.5, 0.6) is 5.19 Å². The van der Waals surface area contributed by atoms with E-state index >= 15 is 0 Å². The maximum absolute atomic E-state index is 13.0. The molecule has 0 aliphatic carbocycles. The van der Waals surface area contributed by atoms with Crippen molar-refractivity contribution in [1.29, 1.82) is 0 Å². The molecule has 1 atom stereocenters. The zero-order chi connectivity index (χ0) is 27.6. The van der Waals surface area contributed by atoms with Gasteiger partial charge in [0.2, 0.25) is 17.7 Å². The number of benzene rings is 1. The fraction of sp³-hybridized carbons (Fsp3) is 0.296. The van der Waals surface area contributed by atoms with Crippen LogP contribution in [0.25, 0.3) is 6.08 Å². The van der Waals surface area contributed by atoms with Crippen LogP contribution in [0.3, 0.4) is 0 Å². The van der Waals surface area contributed by atoms with E-state index in [1.807, 2.05) is 0 Å². The molecule has 3 amide bonds. The van der Waals surface area contributed by atoms with Gasteiger partial charge in [-0.1, -0.05) is 52.7 Å². The fourth-order valence-electron chi connectivity index (χ4n) is 3.96. The predicted molar refractivity (Wildman–Crippen MR) is 151 cm³/mol. The number of nitrogens with zero attached hydrogens (tertiary/aromatic N) is 3. The van der Waals surface area contributed by atoms with E-state index in [0.29, 0.717) is 46.2 Å². The standard InChI is InChI=1S/C27H27Cl2N5O4S/c28-19-7-4-18(5-8-19)6-9-24(35)33-22(15-20-3-1-2-12-30-20)26(37)31-17-25(36)34-13-10-21(11-14-34)38-27-32-16-23(29)39-27/h1-9,12,16,21-22H,10-11,13-15,17H2,(H,31,37)(H,33,35)/t22-/m0/s1. The second-order valence-corrected chi connectivity index (χ2v) is 10.9. The van der Waals surface area contributed by atoms with Crippen molar-refractivity contribution in [2.75, 3.05) is 19.6 Å². The predicted octanol–water partition coefficient (Wildman–Crippen LogP) is 3.77. The number of likely N-dealkylation sites (tertiary alicyclic amines) is 1. The van der Waals surface area contributed by atoms with Gasteiger partial charge in [0.1, 0.15) is 16.5 Å². The van der Waals surface area contributed by atoms with Gasteiger partial charge in [-0.2, -0.15) is 0 Å².